The minimum atomic E-state index is -1.45. The van der Waals surface area contributed by atoms with E-state index in [1.54, 1.807) is 12.3 Å². The van der Waals surface area contributed by atoms with Gasteiger partial charge in [0.25, 0.3) is 0 Å². The van der Waals surface area contributed by atoms with Gasteiger partial charge < -0.3 is 14.9 Å². The van der Waals surface area contributed by atoms with E-state index in [4.69, 9.17) is 10.0 Å². The minimum Gasteiger partial charge on any atom is -0.423 e. The Bertz CT molecular complexity index is 242. The lowest BCUT2D eigenvalue weighted by Crippen LogP contribution is -2.30. The number of anilines is 1. The standard InChI is InChI=1S/C7H11BN2O2/c1-10(2)7-3-6(8(11)12)4-9-5-7/h3-5,11-12H,1-2H3. The highest BCUT2D eigenvalue weighted by Crippen LogP contribution is 2.04. The molecule has 64 valence electrons. The molecule has 1 rings (SSSR count). The van der Waals surface area contributed by atoms with Gasteiger partial charge in [0, 0.05) is 25.8 Å². The number of aromatic nitrogens is 1. The molecule has 0 spiro atoms. The summed E-state index contributed by atoms with van der Waals surface area (Å²) in [5.74, 6) is 0. The van der Waals surface area contributed by atoms with Crippen LogP contribution >= 0.6 is 0 Å². The van der Waals surface area contributed by atoms with E-state index in [-0.39, 0.29) is 0 Å². The summed E-state index contributed by atoms with van der Waals surface area (Å²) in [7, 11) is 2.28. The predicted molar refractivity (Wildman–Crippen MR) is 48.4 cm³/mol. The summed E-state index contributed by atoms with van der Waals surface area (Å²) in [5.41, 5.74) is 1.25. The van der Waals surface area contributed by atoms with Crippen LogP contribution in [0, 0.1) is 0 Å². The number of hydrogen-bond donors (Lipinski definition) is 2. The van der Waals surface area contributed by atoms with Gasteiger partial charge in [0.1, 0.15) is 0 Å². The van der Waals surface area contributed by atoms with Gasteiger partial charge in [-0.3, -0.25) is 4.98 Å². The Kier molecular flexibility index (Phi) is 2.67. The molecule has 0 aliphatic carbocycles. The van der Waals surface area contributed by atoms with Crippen LogP contribution in [0.3, 0.4) is 0 Å². The fraction of sp³-hybridized carbons (Fsp3) is 0.286. The van der Waals surface area contributed by atoms with Crippen LogP contribution in [0.4, 0.5) is 5.69 Å². The van der Waals surface area contributed by atoms with Crippen LogP contribution in [0.25, 0.3) is 0 Å². The Hall–Kier alpha value is -1.07. The summed E-state index contributed by atoms with van der Waals surface area (Å²) in [6.45, 7) is 0. The van der Waals surface area contributed by atoms with Crippen molar-refractivity contribution in [1.82, 2.24) is 4.98 Å². The first-order chi connectivity index (χ1) is 5.61. The first-order valence-corrected chi connectivity index (χ1v) is 3.59. The van der Waals surface area contributed by atoms with Gasteiger partial charge in [-0.15, -0.1) is 0 Å². The largest absolute Gasteiger partial charge is 0.490 e. The Morgan fingerprint density at radius 1 is 1.33 bits per heavy atom. The lowest BCUT2D eigenvalue weighted by molar-refractivity contribution is 0.425. The van der Waals surface area contributed by atoms with E-state index in [0.717, 1.165) is 5.69 Å². The maximum Gasteiger partial charge on any atom is 0.490 e. The summed E-state index contributed by atoms with van der Waals surface area (Å²) in [5, 5.41) is 17.7. The highest BCUT2D eigenvalue weighted by Gasteiger charge is 2.11. The molecular weight excluding hydrogens is 155 g/mol. The summed E-state index contributed by atoms with van der Waals surface area (Å²) in [6.07, 6.45) is 3.09. The molecular formula is C7H11BN2O2. The molecule has 0 saturated heterocycles. The van der Waals surface area contributed by atoms with Crippen molar-refractivity contribution in [3.05, 3.63) is 18.5 Å². The van der Waals surface area contributed by atoms with E-state index in [9.17, 15) is 0 Å². The zero-order chi connectivity index (χ0) is 9.14. The third-order valence-electron chi connectivity index (χ3n) is 1.56. The second-order valence-electron chi connectivity index (χ2n) is 2.74. The summed E-state index contributed by atoms with van der Waals surface area (Å²) < 4.78 is 0. The van der Waals surface area contributed by atoms with Crippen molar-refractivity contribution in [2.75, 3.05) is 19.0 Å². The molecule has 0 amide bonds. The molecule has 12 heavy (non-hydrogen) atoms. The third kappa shape index (κ3) is 1.96. The van der Waals surface area contributed by atoms with E-state index in [0.29, 0.717) is 5.46 Å². The van der Waals surface area contributed by atoms with E-state index < -0.39 is 7.12 Å². The van der Waals surface area contributed by atoms with Crippen molar-refractivity contribution in [2.24, 2.45) is 0 Å². The smallest absolute Gasteiger partial charge is 0.423 e. The van der Waals surface area contributed by atoms with Crippen molar-refractivity contribution in [3.8, 4) is 0 Å². The predicted octanol–water partition coefficient (Wildman–Crippen LogP) is -1.17. The van der Waals surface area contributed by atoms with Crippen LogP contribution in [-0.2, 0) is 0 Å². The van der Waals surface area contributed by atoms with Gasteiger partial charge in [0.2, 0.25) is 0 Å². The molecule has 0 fully saturated rings. The highest BCUT2D eigenvalue weighted by atomic mass is 16.4. The number of pyridine rings is 1. The van der Waals surface area contributed by atoms with Crippen LogP contribution < -0.4 is 10.4 Å². The van der Waals surface area contributed by atoms with Gasteiger partial charge in [-0.2, -0.15) is 0 Å². The molecule has 5 heteroatoms. The van der Waals surface area contributed by atoms with Gasteiger partial charge >= 0.3 is 7.12 Å². The van der Waals surface area contributed by atoms with Crippen LogP contribution in [0.1, 0.15) is 0 Å². The second-order valence-corrected chi connectivity index (χ2v) is 2.74. The van der Waals surface area contributed by atoms with Gasteiger partial charge in [-0.05, 0) is 6.07 Å². The van der Waals surface area contributed by atoms with Crippen molar-refractivity contribution in [2.45, 2.75) is 0 Å². The quantitative estimate of drug-likeness (QED) is 0.543. The molecule has 0 bridgehead atoms. The van der Waals surface area contributed by atoms with Crippen molar-refractivity contribution in [1.29, 1.82) is 0 Å². The van der Waals surface area contributed by atoms with Crippen molar-refractivity contribution < 1.29 is 10.0 Å². The van der Waals surface area contributed by atoms with E-state index in [1.807, 2.05) is 19.0 Å². The Morgan fingerprint density at radius 2 is 2.00 bits per heavy atom. The monoisotopic (exact) mass is 166 g/mol. The Labute approximate surface area is 71.6 Å². The molecule has 0 radical (unpaired) electrons. The summed E-state index contributed by atoms with van der Waals surface area (Å²) >= 11 is 0. The SMILES string of the molecule is CN(C)c1cncc(B(O)O)c1. The molecule has 2 N–H and O–H groups in total. The zero-order valence-electron chi connectivity index (χ0n) is 7.10. The van der Waals surface area contributed by atoms with Gasteiger partial charge in [-0.1, -0.05) is 0 Å². The number of hydrogen-bond acceptors (Lipinski definition) is 4. The number of rotatable bonds is 2. The van der Waals surface area contributed by atoms with Crippen LogP contribution in [-0.4, -0.2) is 36.2 Å². The van der Waals surface area contributed by atoms with E-state index >= 15 is 0 Å². The molecule has 1 aromatic rings. The van der Waals surface area contributed by atoms with E-state index in [1.165, 1.54) is 6.20 Å². The lowest BCUT2D eigenvalue weighted by atomic mass is 9.81. The van der Waals surface area contributed by atoms with Crippen molar-refractivity contribution in [3.63, 3.8) is 0 Å². The van der Waals surface area contributed by atoms with Crippen LogP contribution in [0.2, 0.25) is 0 Å². The maximum absolute atomic E-state index is 8.83. The fourth-order valence-corrected chi connectivity index (χ4v) is 0.831. The maximum atomic E-state index is 8.83. The molecule has 0 atom stereocenters. The molecule has 1 heterocycles. The normalized spacial score (nSPS) is 9.67. The summed E-state index contributed by atoms with van der Waals surface area (Å²) in [4.78, 5) is 5.71. The minimum absolute atomic E-state index is 0.404. The van der Waals surface area contributed by atoms with Gasteiger partial charge in [0.15, 0.2) is 0 Å². The molecule has 0 saturated carbocycles. The Morgan fingerprint density at radius 3 is 2.50 bits per heavy atom. The average Bonchev–Trinajstić information content (AvgIpc) is 2.04. The number of nitrogens with zero attached hydrogens (tertiary/aromatic N) is 2. The van der Waals surface area contributed by atoms with Gasteiger partial charge in [0.05, 0.1) is 11.9 Å². The molecule has 0 aliphatic rings. The third-order valence-corrected chi connectivity index (χ3v) is 1.56. The molecule has 1 aromatic heterocycles. The van der Waals surface area contributed by atoms with Crippen LogP contribution in [0.15, 0.2) is 18.5 Å². The van der Waals surface area contributed by atoms with Gasteiger partial charge in [-0.25, -0.2) is 0 Å². The molecule has 0 aromatic carbocycles. The summed E-state index contributed by atoms with van der Waals surface area (Å²) in [6, 6.07) is 1.68. The van der Waals surface area contributed by atoms with E-state index in [2.05, 4.69) is 4.98 Å². The van der Waals surface area contributed by atoms with Crippen LogP contribution in [0.5, 0.6) is 0 Å². The highest BCUT2D eigenvalue weighted by molar-refractivity contribution is 6.58. The Balaban J connectivity index is 2.96. The fourth-order valence-electron chi connectivity index (χ4n) is 0.831. The topological polar surface area (TPSA) is 56.6 Å². The molecule has 0 aliphatic heterocycles. The average molecular weight is 166 g/mol. The van der Waals surface area contributed by atoms with Crippen molar-refractivity contribution >= 4 is 18.3 Å². The first-order valence-electron chi connectivity index (χ1n) is 3.59. The molecule has 4 nitrogen and oxygen atoms in total. The molecule has 0 unspecified atom stereocenters. The first kappa shape index (κ1) is 9.03. The zero-order valence-corrected chi connectivity index (χ0v) is 7.10. The lowest BCUT2D eigenvalue weighted by Gasteiger charge is -2.12. The second kappa shape index (κ2) is 3.56.